The molecule has 112 valence electrons. The second kappa shape index (κ2) is 6.11. The third-order valence-corrected chi connectivity index (χ3v) is 5.41. The Morgan fingerprint density at radius 2 is 2.10 bits per heavy atom. The molecule has 1 aromatic carbocycles. The number of nitrogen functional groups attached to an aromatic ring is 1. The molecule has 0 radical (unpaired) electrons. The molecule has 0 amide bonds. The zero-order chi connectivity index (χ0) is 14.8. The normalized spacial score (nSPS) is 22.6. The molecule has 1 aliphatic rings. The average Bonchev–Trinajstić information content (AvgIpc) is 2.38. The lowest BCUT2D eigenvalue weighted by Crippen LogP contribution is -2.46. The Balaban J connectivity index is 2.10. The van der Waals surface area contributed by atoms with Crippen molar-refractivity contribution in [1.82, 2.24) is 9.03 Å². The first-order valence-corrected chi connectivity index (χ1v) is 8.46. The predicted molar refractivity (Wildman–Crippen MR) is 81.3 cm³/mol. The van der Waals surface area contributed by atoms with E-state index >= 15 is 0 Å². The van der Waals surface area contributed by atoms with E-state index in [1.807, 2.05) is 25.1 Å². The maximum atomic E-state index is 12.4. The van der Waals surface area contributed by atoms with Crippen LogP contribution in [0, 0.1) is 5.92 Å². The maximum absolute atomic E-state index is 12.4. The van der Waals surface area contributed by atoms with Crippen LogP contribution < -0.4 is 10.5 Å². The van der Waals surface area contributed by atoms with E-state index in [1.54, 1.807) is 6.07 Å². The average molecular weight is 297 g/mol. The highest BCUT2D eigenvalue weighted by Crippen LogP contribution is 2.23. The molecule has 1 aliphatic heterocycles. The van der Waals surface area contributed by atoms with E-state index in [0.717, 1.165) is 18.4 Å². The Labute approximate surface area is 121 Å². The van der Waals surface area contributed by atoms with E-state index in [2.05, 4.69) is 11.6 Å². The van der Waals surface area contributed by atoms with Gasteiger partial charge in [-0.25, -0.2) is 0 Å². The van der Waals surface area contributed by atoms with Gasteiger partial charge in [0.1, 0.15) is 0 Å². The third kappa shape index (κ3) is 3.50. The van der Waals surface area contributed by atoms with Crippen LogP contribution in [0.15, 0.2) is 24.3 Å². The zero-order valence-electron chi connectivity index (χ0n) is 12.0. The Bertz CT molecular complexity index is 559. The number of hydrogen-bond acceptors (Lipinski definition) is 3. The van der Waals surface area contributed by atoms with Gasteiger partial charge in [0.2, 0.25) is 0 Å². The van der Waals surface area contributed by atoms with Gasteiger partial charge >= 0.3 is 0 Å². The van der Waals surface area contributed by atoms with Crippen molar-refractivity contribution in [2.24, 2.45) is 5.92 Å². The van der Waals surface area contributed by atoms with Crippen molar-refractivity contribution in [3.05, 3.63) is 29.8 Å². The highest BCUT2D eigenvalue weighted by atomic mass is 32.2. The van der Waals surface area contributed by atoms with Crippen LogP contribution in [0.2, 0.25) is 0 Å². The fourth-order valence-electron chi connectivity index (χ4n) is 2.63. The van der Waals surface area contributed by atoms with Crippen LogP contribution >= 0.6 is 0 Å². The molecule has 2 unspecified atom stereocenters. The number of hydrogen-bond donors (Lipinski definition) is 2. The van der Waals surface area contributed by atoms with Gasteiger partial charge in [0.05, 0.1) is 0 Å². The van der Waals surface area contributed by atoms with Gasteiger partial charge in [0, 0.05) is 24.8 Å². The largest absolute Gasteiger partial charge is 0.398 e. The van der Waals surface area contributed by atoms with Gasteiger partial charge in [-0.1, -0.05) is 25.1 Å². The number of benzene rings is 1. The van der Waals surface area contributed by atoms with Crippen LogP contribution in [-0.2, 0) is 10.2 Å². The number of anilines is 1. The minimum atomic E-state index is -3.45. The van der Waals surface area contributed by atoms with E-state index < -0.39 is 10.2 Å². The summed E-state index contributed by atoms with van der Waals surface area (Å²) in [5, 5.41) is 0. The second-order valence-corrected chi connectivity index (χ2v) is 7.28. The molecule has 0 bridgehead atoms. The fraction of sp³-hybridized carbons (Fsp3) is 0.571. The van der Waals surface area contributed by atoms with Crippen molar-refractivity contribution in [1.29, 1.82) is 0 Å². The summed E-state index contributed by atoms with van der Waals surface area (Å²) in [7, 11) is -3.45. The number of para-hydroxylation sites is 1. The molecule has 1 saturated heterocycles. The van der Waals surface area contributed by atoms with Crippen molar-refractivity contribution in [3.8, 4) is 0 Å². The summed E-state index contributed by atoms with van der Waals surface area (Å²) in [6, 6.07) is 6.99. The molecular formula is C14H23N3O2S. The van der Waals surface area contributed by atoms with Crippen LogP contribution in [-0.4, -0.2) is 25.8 Å². The number of nitrogens with one attached hydrogen (secondary N) is 1. The standard InChI is InChI=1S/C14H23N3O2S/c1-11-6-5-9-17(10-11)20(18,19)16-12(2)13-7-3-4-8-14(13)15/h3-4,7-8,11-12,16H,5-6,9-10,15H2,1-2H3. The Morgan fingerprint density at radius 1 is 1.40 bits per heavy atom. The van der Waals surface area contributed by atoms with Gasteiger partial charge in [0.15, 0.2) is 0 Å². The molecule has 1 aromatic rings. The summed E-state index contributed by atoms with van der Waals surface area (Å²) in [6.45, 7) is 5.08. The number of nitrogens with zero attached hydrogens (tertiary/aromatic N) is 1. The molecule has 5 nitrogen and oxygen atoms in total. The highest BCUT2D eigenvalue weighted by Gasteiger charge is 2.28. The van der Waals surface area contributed by atoms with Crippen molar-refractivity contribution >= 4 is 15.9 Å². The zero-order valence-corrected chi connectivity index (χ0v) is 12.9. The molecule has 20 heavy (non-hydrogen) atoms. The molecule has 0 saturated carbocycles. The smallest absolute Gasteiger partial charge is 0.280 e. The lowest BCUT2D eigenvalue weighted by Gasteiger charge is -2.31. The Hall–Kier alpha value is -1.11. The molecule has 2 rings (SSSR count). The molecule has 0 aromatic heterocycles. The molecule has 1 heterocycles. The third-order valence-electron chi connectivity index (χ3n) is 3.75. The lowest BCUT2D eigenvalue weighted by molar-refractivity contribution is 0.277. The van der Waals surface area contributed by atoms with Crippen LogP contribution in [0.1, 0.15) is 38.3 Å². The topological polar surface area (TPSA) is 75.4 Å². The van der Waals surface area contributed by atoms with Crippen LogP contribution in [0.25, 0.3) is 0 Å². The lowest BCUT2D eigenvalue weighted by atomic mass is 10.0. The van der Waals surface area contributed by atoms with Crippen molar-refractivity contribution in [2.75, 3.05) is 18.8 Å². The molecule has 0 spiro atoms. The molecule has 3 N–H and O–H groups in total. The quantitative estimate of drug-likeness (QED) is 0.833. The van der Waals surface area contributed by atoms with E-state index in [1.165, 1.54) is 4.31 Å². The van der Waals surface area contributed by atoms with E-state index in [4.69, 9.17) is 5.73 Å². The van der Waals surface area contributed by atoms with Gasteiger partial charge in [0.25, 0.3) is 10.2 Å². The van der Waals surface area contributed by atoms with Crippen molar-refractivity contribution < 1.29 is 8.42 Å². The van der Waals surface area contributed by atoms with E-state index in [0.29, 0.717) is 24.7 Å². The highest BCUT2D eigenvalue weighted by molar-refractivity contribution is 7.87. The summed E-state index contributed by atoms with van der Waals surface area (Å²) in [4.78, 5) is 0. The van der Waals surface area contributed by atoms with E-state index in [-0.39, 0.29) is 6.04 Å². The minimum absolute atomic E-state index is 0.335. The predicted octanol–water partition coefficient (Wildman–Crippen LogP) is 1.90. The monoisotopic (exact) mass is 297 g/mol. The Kier molecular flexibility index (Phi) is 4.67. The summed E-state index contributed by atoms with van der Waals surface area (Å²) >= 11 is 0. The van der Waals surface area contributed by atoms with Crippen molar-refractivity contribution in [3.63, 3.8) is 0 Å². The van der Waals surface area contributed by atoms with Gasteiger partial charge in [-0.05, 0) is 37.3 Å². The molecule has 6 heteroatoms. The number of rotatable bonds is 4. The fourth-order valence-corrected chi connectivity index (χ4v) is 4.17. The SMILES string of the molecule is CC1CCCN(S(=O)(=O)NC(C)c2ccccc2N)C1. The molecule has 0 aliphatic carbocycles. The van der Waals surface area contributed by atoms with Crippen LogP contribution in [0.5, 0.6) is 0 Å². The van der Waals surface area contributed by atoms with E-state index in [9.17, 15) is 8.42 Å². The van der Waals surface area contributed by atoms with Gasteiger partial charge in [-0.2, -0.15) is 17.4 Å². The number of nitrogens with two attached hydrogens (primary N) is 1. The summed E-state index contributed by atoms with van der Waals surface area (Å²) in [5.41, 5.74) is 7.31. The summed E-state index contributed by atoms with van der Waals surface area (Å²) < 4.78 is 29.1. The van der Waals surface area contributed by atoms with Gasteiger partial charge in [-0.15, -0.1) is 0 Å². The van der Waals surface area contributed by atoms with Crippen LogP contribution in [0.3, 0.4) is 0 Å². The molecule has 2 atom stereocenters. The number of piperidine rings is 1. The van der Waals surface area contributed by atoms with Gasteiger partial charge < -0.3 is 5.73 Å². The van der Waals surface area contributed by atoms with Gasteiger partial charge in [-0.3, -0.25) is 0 Å². The summed E-state index contributed by atoms with van der Waals surface area (Å²) in [5.74, 6) is 0.414. The first-order valence-electron chi connectivity index (χ1n) is 7.02. The molecule has 1 fully saturated rings. The second-order valence-electron chi connectivity index (χ2n) is 5.58. The Morgan fingerprint density at radius 3 is 2.75 bits per heavy atom. The first kappa shape index (κ1) is 15.3. The first-order chi connectivity index (χ1) is 9.40. The maximum Gasteiger partial charge on any atom is 0.280 e. The summed E-state index contributed by atoms with van der Waals surface area (Å²) in [6.07, 6.45) is 2.01. The molecular weight excluding hydrogens is 274 g/mol. The minimum Gasteiger partial charge on any atom is -0.398 e. The van der Waals surface area contributed by atoms with Crippen molar-refractivity contribution in [2.45, 2.75) is 32.7 Å². The van der Waals surface area contributed by atoms with Crippen LogP contribution in [0.4, 0.5) is 5.69 Å².